The molecule has 17 rings (SSSR count). The van der Waals surface area contributed by atoms with Crippen LogP contribution in [-0.4, -0.2) is 20.4 Å². The van der Waals surface area contributed by atoms with Gasteiger partial charge < -0.3 is 23.0 Å². The van der Waals surface area contributed by atoms with Gasteiger partial charge in [-0.15, -0.1) is 0 Å². The molecule has 0 saturated heterocycles. The highest BCUT2D eigenvalue weighted by Crippen LogP contribution is 2.53. The number of hydrogen-bond donors (Lipinski definition) is 0. The minimum absolute atomic E-state index is 0.0232. The van der Waals surface area contributed by atoms with Crippen molar-refractivity contribution in [3.63, 3.8) is 0 Å². The zero-order valence-corrected chi connectivity index (χ0v) is 49.0. The summed E-state index contributed by atoms with van der Waals surface area (Å²) in [6.07, 6.45) is 0. The highest BCUT2D eigenvalue weighted by atomic mass is 16.3. The van der Waals surface area contributed by atoms with E-state index in [0.29, 0.717) is 0 Å². The number of anilines is 3. The zero-order valence-electron chi connectivity index (χ0n) is 49.0. The summed E-state index contributed by atoms with van der Waals surface area (Å²) in [6.45, 7) is 27.8. The fourth-order valence-corrected chi connectivity index (χ4v) is 15.0. The van der Waals surface area contributed by atoms with Crippen LogP contribution >= 0.6 is 0 Å². The van der Waals surface area contributed by atoms with E-state index < -0.39 is 0 Å². The number of para-hydroxylation sites is 1. The third-order valence-corrected chi connectivity index (χ3v) is 19.1. The Morgan fingerprint density at radius 2 is 0.915 bits per heavy atom. The van der Waals surface area contributed by atoms with Crippen molar-refractivity contribution in [1.82, 2.24) is 13.7 Å². The second-order valence-corrected chi connectivity index (χ2v) is 28.2. The molecule has 14 aromatic rings. The molecule has 4 aromatic heterocycles. The second kappa shape index (κ2) is 15.6. The van der Waals surface area contributed by atoms with Crippen molar-refractivity contribution in [2.24, 2.45) is 0 Å². The van der Waals surface area contributed by atoms with E-state index in [-0.39, 0.29) is 28.4 Å². The van der Waals surface area contributed by atoms with Crippen molar-refractivity contribution < 1.29 is 4.42 Å². The molecule has 0 saturated carbocycles. The van der Waals surface area contributed by atoms with Crippen molar-refractivity contribution in [3.05, 3.63) is 198 Å². The molecule has 1 aliphatic carbocycles. The van der Waals surface area contributed by atoms with E-state index in [4.69, 9.17) is 4.42 Å². The lowest BCUT2D eigenvalue weighted by Crippen LogP contribution is -2.60. The summed E-state index contributed by atoms with van der Waals surface area (Å²) in [5.74, 6) is 0. The van der Waals surface area contributed by atoms with Crippen molar-refractivity contribution in [1.29, 1.82) is 0 Å². The Bertz CT molecular complexity index is 5190. The Hall–Kier alpha value is -8.74. The van der Waals surface area contributed by atoms with Gasteiger partial charge in [0.2, 0.25) is 0 Å². The third kappa shape index (κ3) is 6.25. The molecule has 3 aliphatic rings. The van der Waals surface area contributed by atoms with Crippen LogP contribution in [0.3, 0.4) is 0 Å². The fourth-order valence-electron chi connectivity index (χ4n) is 15.0. The normalized spacial score (nSPS) is 14.0. The first-order chi connectivity index (χ1) is 39.2. The van der Waals surface area contributed by atoms with Crippen LogP contribution in [0.5, 0.6) is 0 Å². The zero-order chi connectivity index (χ0) is 56.0. The summed E-state index contributed by atoms with van der Waals surface area (Å²) in [4.78, 5) is 2.58. The smallest absolute Gasteiger partial charge is 0.297 e. The van der Waals surface area contributed by atoms with Gasteiger partial charge in [0.1, 0.15) is 5.58 Å². The van der Waals surface area contributed by atoms with Crippen molar-refractivity contribution in [2.45, 2.75) is 105 Å². The van der Waals surface area contributed by atoms with Crippen molar-refractivity contribution >= 4 is 128 Å². The fraction of sp³-hybridized carbons (Fsp3) is 0.211. The van der Waals surface area contributed by atoms with Gasteiger partial charge in [-0.05, 0) is 168 Å². The Labute approximate surface area is 479 Å². The molecule has 398 valence electrons. The molecule has 0 amide bonds. The van der Waals surface area contributed by atoms with E-state index in [1.807, 2.05) is 0 Å². The van der Waals surface area contributed by atoms with Gasteiger partial charge in [0.15, 0.2) is 0 Å². The maximum absolute atomic E-state index is 7.56. The van der Waals surface area contributed by atoms with Crippen LogP contribution in [0.25, 0.3) is 115 Å². The Morgan fingerprint density at radius 3 is 1.61 bits per heavy atom. The number of nitrogens with zero attached hydrogens (tertiary/aromatic N) is 4. The van der Waals surface area contributed by atoms with E-state index >= 15 is 0 Å². The second-order valence-electron chi connectivity index (χ2n) is 28.2. The van der Waals surface area contributed by atoms with Crippen LogP contribution in [0.4, 0.5) is 17.1 Å². The van der Waals surface area contributed by atoms with Crippen LogP contribution in [0.1, 0.15) is 105 Å². The minimum Gasteiger partial charge on any atom is -0.468 e. The maximum atomic E-state index is 7.56. The molecule has 5 nitrogen and oxygen atoms in total. The summed E-state index contributed by atoms with van der Waals surface area (Å²) in [7, 11) is 0. The summed E-state index contributed by atoms with van der Waals surface area (Å²) in [6, 6.07) is 68.2. The lowest BCUT2D eigenvalue weighted by Gasteiger charge is -2.39. The van der Waals surface area contributed by atoms with Crippen molar-refractivity contribution in [3.8, 4) is 28.2 Å². The Kier molecular flexibility index (Phi) is 9.15. The summed E-state index contributed by atoms with van der Waals surface area (Å²) < 4.78 is 15.3. The molecule has 10 aromatic carbocycles. The number of aromatic nitrogens is 3. The van der Waals surface area contributed by atoms with Crippen LogP contribution < -0.4 is 21.5 Å². The summed E-state index contributed by atoms with van der Waals surface area (Å²) in [5.41, 5.74) is 26.2. The molecule has 82 heavy (non-hydrogen) atoms. The van der Waals surface area contributed by atoms with Crippen LogP contribution in [0, 0.1) is 0 Å². The highest BCUT2D eigenvalue weighted by Gasteiger charge is 2.47. The molecule has 0 bridgehead atoms. The molecule has 2 aliphatic heterocycles. The molecule has 0 radical (unpaired) electrons. The first kappa shape index (κ1) is 48.0. The van der Waals surface area contributed by atoms with Gasteiger partial charge >= 0.3 is 0 Å². The van der Waals surface area contributed by atoms with Crippen LogP contribution in [-0.2, 0) is 21.7 Å². The largest absolute Gasteiger partial charge is 0.468 e. The lowest BCUT2D eigenvalue weighted by molar-refractivity contribution is 0.590. The van der Waals surface area contributed by atoms with Gasteiger partial charge in [-0.1, -0.05) is 168 Å². The number of benzene rings is 10. The number of furan rings is 1. The number of fused-ring (bicyclic) bond motifs is 10. The molecular weight excluding hydrogens is 996 g/mol. The molecule has 6 heterocycles. The summed E-state index contributed by atoms with van der Waals surface area (Å²) >= 11 is 0. The monoisotopic (exact) mass is 1060 g/mol. The quantitative estimate of drug-likeness (QED) is 0.165. The SMILES string of the molecule is CC(C)(C)c1ccc(N2c3cc(-n4c5ccc6cccc7c6c5c5c6c8c-7cccc8n(-c7ccccc7)c6ccc54)cc4c3B(c3oc5ccc(C(C)(C)C)cc5c32)c2cc(C(C)(C)C)cc3c5cc(C(C)(C)C)ccc5n-4c23)cc1. The number of rotatable bonds is 3. The average molecular weight is 1060 g/mol. The molecular formula is C76H65BN4O. The van der Waals surface area contributed by atoms with Gasteiger partial charge in [0.25, 0.3) is 6.71 Å². The summed E-state index contributed by atoms with van der Waals surface area (Å²) in [5, 5.41) is 11.5. The van der Waals surface area contributed by atoms with E-state index in [1.165, 1.54) is 126 Å². The Balaban J connectivity index is 1.07. The predicted octanol–water partition coefficient (Wildman–Crippen LogP) is 18.7. The van der Waals surface area contributed by atoms with Crippen LogP contribution in [0.15, 0.2) is 180 Å². The van der Waals surface area contributed by atoms with Gasteiger partial charge in [0, 0.05) is 66.0 Å². The van der Waals surface area contributed by atoms with E-state index in [2.05, 4.69) is 278 Å². The van der Waals surface area contributed by atoms with Gasteiger partial charge in [-0.2, -0.15) is 0 Å². The molecule has 0 spiro atoms. The molecule has 0 fully saturated rings. The Morgan fingerprint density at radius 1 is 0.366 bits per heavy atom. The van der Waals surface area contributed by atoms with Gasteiger partial charge in [-0.25, -0.2) is 0 Å². The molecule has 6 heteroatoms. The number of hydrogen-bond acceptors (Lipinski definition) is 2. The molecule has 0 atom stereocenters. The average Bonchev–Trinajstić information content (AvgIpc) is 1.65. The first-order valence-electron chi connectivity index (χ1n) is 29.5. The van der Waals surface area contributed by atoms with Gasteiger partial charge in [-0.3, -0.25) is 0 Å². The van der Waals surface area contributed by atoms with Crippen molar-refractivity contribution in [2.75, 3.05) is 4.90 Å². The molecule has 0 unspecified atom stereocenters. The van der Waals surface area contributed by atoms with Gasteiger partial charge in [0.05, 0.1) is 44.6 Å². The maximum Gasteiger partial charge on any atom is 0.297 e. The van der Waals surface area contributed by atoms with E-state index in [0.717, 1.165) is 45.1 Å². The van der Waals surface area contributed by atoms with Crippen LogP contribution in [0.2, 0.25) is 0 Å². The molecule has 0 N–H and O–H groups in total. The third-order valence-electron chi connectivity index (χ3n) is 19.1. The predicted molar refractivity (Wildman–Crippen MR) is 350 cm³/mol. The highest BCUT2D eigenvalue weighted by molar-refractivity contribution is 7.00. The standard InChI is InChI=1S/C76H65BN4O/c1-73(2,3)43-25-29-48(30-26-43)80-61-40-49(79-58-31-24-42-18-16-21-50-51-22-17-23-57-65(51)67-59(78(57)47-19-14-13-15-20-47)33-34-60(79)68(67)66(58)64(42)50)41-62-69(61)77(72-71(80)54-37-45(75(7,8)9)28-35-63(54)82-72)55-39-46(76(10,11)12)38-53-52-36-44(74(4,5)6)27-32-56(52)81(62)70(53)55/h13-41H,1-12H3. The lowest BCUT2D eigenvalue weighted by atomic mass is 9.35. The van der Waals surface area contributed by atoms with E-state index in [1.54, 1.807) is 0 Å². The topological polar surface area (TPSA) is 31.2 Å². The first-order valence-corrected chi connectivity index (χ1v) is 29.5. The van der Waals surface area contributed by atoms with E-state index in [9.17, 15) is 0 Å². The minimum atomic E-state index is -0.203.